The van der Waals surface area contributed by atoms with E-state index in [2.05, 4.69) is 17.6 Å². The minimum Gasteiger partial charge on any atom is -0.467 e. The van der Waals surface area contributed by atoms with Crippen LogP contribution in [0.3, 0.4) is 0 Å². The van der Waals surface area contributed by atoms with Gasteiger partial charge in [0.1, 0.15) is 11.9 Å². The fourth-order valence-electron chi connectivity index (χ4n) is 3.22. The van der Waals surface area contributed by atoms with Gasteiger partial charge in [-0.15, -0.1) is 0 Å². The summed E-state index contributed by atoms with van der Waals surface area (Å²) in [6, 6.07) is 3.40. The van der Waals surface area contributed by atoms with Crippen LogP contribution in [0.25, 0.3) is 0 Å². The van der Waals surface area contributed by atoms with Gasteiger partial charge in [0, 0.05) is 18.5 Å². The zero-order chi connectivity index (χ0) is 15.9. The Labute approximate surface area is 132 Å². The molecule has 0 aliphatic heterocycles. The summed E-state index contributed by atoms with van der Waals surface area (Å²) in [7, 11) is 0. The Morgan fingerprint density at radius 3 is 2.68 bits per heavy atom. The van der Waals surface area contributed by atoms with Gasteiger partial charge in [0.05, 0.1) is 6.26 Å². The second-order valence-corrected chi connectivity index (χ2v) is 6.47. The number of hydrogen-bond acceptors (Lipinski definition) is 3. The van der Waals surface area contributed by atoms with E-state index in [0.717, 1.165) is 0 Å². The number of amides is 2. The first-order valence-electron chi connectivity index (χ1n) is 8.34. The molecular formula is C17H28N2O3. The SMILES string of the molecule is CC(CC(O)c1ccco1)NC(=O)NC(C)C1CCCCC1. The Kier molecular flexibility index (Phi) is 6.31. The molecule has 0 bridgehead atoms. The molecule has 2 rings (SSSR count). The summed E-state index contributed by atoms with van der Waals surface area (Å²) in [5, 5.41) is 15.9. The first-order valence-corrected chi connectivity index (χ1v) is 8.34. The average molecular weight is 308 g/mol. The Morgan fingerprint density at radius 2 is 2.05 bits per heavy atom. The molecule has 0 aromatic carbocycles. The van der Waals surface area contributed by atoms with Gasteiger partial charge in [0.25, 0.3) is 0 Å². The number of carbonyl (C=O) groups is 1. The lowest BCUT2D eigenvalue weighted by molar-refractivity contribution is 0.129. The molecule has 1 heterocycles. The maximum atomic E-state index is 12.0. The van der Waals surface area contributed by atoms with E-state index in [1.807, 2.05) is 6.92 Å². The lowest BCUT2D eigenvalue weighted by Crippen LogP contribution is -2.47. The molecule has 1 aliphatic rings. The largest absolute Gasteiger partial charge is 0.467 e. The highest BCUT2D eigenvalue weighted by Crippen LogP contribution is 2.26. The quantitative estimate of drug-likeness (QED) is 0.754. The van der Waals surface area contributed by atoms with Crippen LogP contribution in [0, 0.1) is 5.92 Å². The molecule has 1 saturated carbocycles. The van der Waals surface area contributed by atoms with Crippen LogP contribution >= 0.6 is 0 Å². The highest BCUT2D eigenvalue weighted by molar-refractivity contribution is 5.74. The molecule has 5 heteroatoms. The number of furan rings is 1. The van der Waals surface area contributed by atoms with Crippen LogP contribution in [0.5, 0.6) is 0 Å². The summed E-state index contributed by atoms with van der Waals surface area (Å²) >= 11 is 0. The molecule has 124 valence electrons. The van der Waals surface area contributed by atoms with Crippen molar-refractivity contribution in [2.75, 3.05) is 0 Å². The van der Waals surface area contributed by atoms with E-state index in [9.17, 15) is 9.90 Å². The fourth-order valence-corrected chi connectivity index (χ4v) is 3.22. The van der Waals surface area contributed by atoms with Crippen LogP contribution in [0.15, 0.2) is 22.8 Å². The molecule has 3 N–H and O–H groups in total. The first-order chi connectivity index (χ1) is 10.6. The maximum Gasteiger partial charge on any atom is 0.315 e. The third-order valence-corrected chi connectivity index (χ3v) is 4.54. The van der Waals surface area contributed by atoms with Gasteiger partial charge in [-0.2, -0.15) is 0 Å². The number of aliphatic hydroxyl groups excluding tert-OH is 1. The van der Waals surface area contributed by atoms with Crippen molar-refractivity contribution in [2.45, 2.75) is 70.6 Å². The van der Waals surface area contributed by atoms with Gasteiger partial charge in [-0.05, 0) is 44.7 Å². The maximum absolute atomic E-state index is 12.0. The molecule has 5 nitrogen and oxygen atoms in total. The molecule has 0 saturated heterocycles. The van der Waals surface area contributed by atoms with E-state index < -0.39 is 6.10 Å². The molecule has 2 amide bonds. The van der Waals surface area contributed by atoms with Gasteiger partial charge in [-0.1, -0.05) is 19.3 Å². The minimum atomic E-state index is -0.693. The Hall–Kier alpha value is -1.49. The van der Waals surface area contributed by atoms with Gasteiger partial charge in [0.2, 0.25) is 0 Å². The normalized spacial score (nSPS) is 20.1. The van der Waals surface area contributed by atoms with Crippen molar-refractivity contribution in [1.29, 1.82) is 0 Å². The molecule has 1 aromatic heterocycles. The Morgan fingerprint density at radius 1 is 1.32 bits per heavy atom. The lowest BCUT2D eigenvalue weighted by atomic mass is 9.85. The summed E-state index contributed by atoms with van der Waals surface area (Å²) < 4.78 is 5.17. The van der Waals surface area contributed by atoms with E-state index >= 15 is 0 Å². The number of urea groups is 1. The fraction of sp³-hybridized carbons (Fsp3) is 0.706. The topological polar surface area (TPSA) is 74.5 Å². The summed E-state index contributed by atoms with van der Waals surface area (Å²) in [5.74, 6) is 1.12. The molecule has 1 aromatic rings. The van der Waals surface area contributed by atoms with E-state index in [4.69, 9.17) is 4.42 Å². The molecule has 3 unspecified atom stereocenters. The van der Waals surface area contributed by atoms with E-state index in [1.54, 1.807) is 12.1 Å². The van der Waals surface area contributed by atoms with E-state index in [-0.39, 0.29) is 18.1 Å². The van der Waals surface area contributed by atoms with Crippen molar-refractivity contribution in [3.63, 3.8) is 0 Å². The van der Waals surface area contributed by atoms with Crippen LogP contribution < -0.4 is 10.6 Å². The standard InChI is InChI=1S/C17H28N2O3/c1-12(11-15(20)16-9-6-10-22-16)18-17(21)19-13(2)14-7-4-3-5-8-14/h6,9-10,12-15,20H,3-5,7-8,11H2,1-2H3,(H2,18,19,21). The molecule has 3 atom stereocenters. The number of nitrogens with one attached hydrogen (secondary N) is 2. The van der Waals surface area contributed by atoms with Gasteiger partial charge in [-0.25, -0.2) is 4.79 Å². The lowest BCUT2D eigenvalue weighted by Gasteiger charge is -2.29. The highest BCUT2D eigenvalue weighted by atomic mass is 16.4. The minimum absolute atomic E-state index is 0.126. The summed E-state index contributed by atoms with van der Waals surface area (Å²) in [4.78, 5) is 12.0. The zero-order valence-electron chi connectivity index (χ0n) is 13.5. The van der Waals surface area contributed by atoms with Crippen LogP contribution in [-0.2, 0) is 0 Å². The molecule has 0 radical (unpaired) electrons. The Bertz CT molecular complexity index is 441. The van der Waals surface area contributed by atoms with Gasteiger partial charge in [-0.3, -0.25) is 0 Å². The van der Waals surface area contributed by atoms with Crippen molar-refractivity contribution in [3.05, 3.63) is 24.2 Å². The third-order valence-electron chi connectivity index (χ3n) is 4.54. The molecule has 22 heavy (non-hydrogen) atoms. The predicted molar refractivity (Wildman–Crippen MR) is 85.5 cm³/mol. The molecule has 1 aliphatic carbocycles. The van der Waals surface area contributed by atoms with Crippen molar-refractivity contribution < 1.29 is 14.3 Å². The first kappa shape index (κ1) is 16.9. The number of carbonyl (C=O) groups excluding carboxylic acids is 1. The second-order valence-electron chi connectivity index (χ2n) is 6.47. The van der Waals surface area contributed by atoms with Gasteiger partial charge < -0.3 is 20.2 Å². The van der Waals surface area contributed by atoms with E-state index in [0.29, 0.717) is 18.1 Å². The van der Waals surface area contributed by atoms with Crippen molar-refractivity contribution >= 4 is 6.03 Å². The monoisotopic (exact) mass is 308 g/mol. The van der Waals surface area contributed by atoms with Crippen LogP contribution in [0.1, 0.15) is 64.2 Å². The van der Waals surface area contributed by atoms with Crippen LogP contribution in [0.4, 0.5) is 4.79 Å². The molecule has 0 spiro atoms. The second kappa shape index (κ2) is 8.22. The number of rotatable bonds is 6. The number of hydrogen-bond donors (Lipinski definition) is 3. The summed E-state index contributed by atoms with van der Waals surface area (Å²) in [6.07, 6.45) is 7.53. The molecule has 1 fully saturated rings. The summed E-state index contributed by atoms with van der Waals surface area (Å²) in [5.41, 5.74) is 0. The smallest absolute Gasteiger partial charge is 0.315 e. The van der Waals surface area contributed by atoms with Crippen LogP contribution in [0.2, 0.25) is 0 Å². The van der Waals surface area contributed by atoms with Crippen LogP contribution in [-0.4, -0.2) is 23.2 Å². The number of aliphatic hydroxyl groups is 1. The molecular weight excluding hydrogens is 280 g/mol. The van der Waals surface area contributed by atoms with Crippen molar-refractivity contribution in [1.82, 2.24) is 10.6 Å². The van der Waals surface area contributed by atoms with E-state index in [1.165, 1.54) is 38.4 Å². The summed E-state index contributed by atoms with van der Waals surface area (Å²) in [6.45, 7) is 3.97. The van der Waals surface area contributed by atoms with Gasteiger partial charge >= 0.3 is 6.03 Å². The van der Waals surface area contributed by atoms with Crippen molar-refractivity contribution in [2.24, 2.45) is 5.92 Å². The highest BCUT2D eigenvalue weighted by Gasteiger charge is 2.22. The third kappa shape index (κ3) is 5.05. The van der Waals surface area contributed by atoms with Crippen molar-refractivity contribution in [3.8, 4) is 0 Å². The predicted octanol–water partition coefficient (Wildman–Crippen LogP) is 3.36. The van der Waals surface area contributed by atoms with Gasteiger partial charge in [0.15, 0.2) is 0 Å². The average Bonchev–Trinajstić information content (AvgIpc) is 3.02. The zero-order valence-corrected chi connectivity index (χ0v) is 13.5. The Balaban J connectivity index is 1.71.